The molecule has 4 atom stereocenters. The van der Waals surface area contributed by atoms with E-state index in [0.717, 1.165) is 47.4 Å². The van der Waals surface area contributed by atoms with Crippen molar-refractivity contribution < 1.29 is 14.2 Å². The number of hydrogen-bond donors (Lipinski definition) is 3. The molecule has 31 heavy (non-hydrogen) atoms. The molecule has 0 saturated heterocycles. The van der Waals surface area contributed by atoms with E-state index in [4.69, 9.17) is 10.5 Å². The average molecular weight is 448 g/mol. The summed E-state index contributed by atoms with van der Waals surface area (Å²) in [5.41, 5.74) is 6.16. The summed E-state index contributed by atoms with van der Waals surface area (Å²) in [4.78, 5) is 29.3. The summed E-state index contributed by atoms with van der Waals surface area (Å²) in [5.74, 6) is -0.373. The molecule has 1 saturated carbocycles. The van der Waals surface area contributed by atoms with Gasteiger partial charge >= 0.3 is 5.69 Å². The Balaban J connectivity index is 1.72. The lowest BCUT2D eigenvalue weighted by Gasteiger charge is -2.26. The molecular formula is C22H26FN3O4S. The van der Waals surface area contributed by atoms with Gasteiger partial charge in [-0.25, -0.2) is 9.18 Å². The number of rotatable bonds is 5. The molecule has 9 heteroatoms. The van der Waals surface area contributed by atoms with Crippen LogP contribution in [0.25, 0.3) is 11.8 Å². The zero-order valence-electron chi connectivity index (χ0n) is 17.3. The molecule has 1 fully saturated rings. The Hall–Kier alpha value is -2.23. The zero-order chi connectivity index (χ0) is 21.9. The maximum absolute atomic E-state index is 15.5. The van der Waals surface area contributed by atoms with Crippen molar-refractivity contribution in [2.24, 2.45) is 5.73 Å². The smallest absolute Gasteiger partial charge is 0.329 e. The molecular weight excluding hydrogens is 421 g/mol. The summed E-state index contributed by atoms with van der Waals surface area (Å²) in [6.45, 7) is -0.0997. The molecule has 166 valence electrons. The number of ether oxygens (including phenoxy) is 1. The lowest BCUT2D eigenvalue weighted by molar-refractivity contribution is 0.242. The standard InChI is InChI=1S/C22H26FN3O4S/c1-30-20-18(17-8-12-11(15(24)9-27)3-2-4-16(12)31-17)14(23)7-13-19(20)26(10-5-6-10)22(29)25-21(13)28/h7-8,10-11,14-15,18,27H,2-6,9,24H2,1H3,(H,25,28,29). The highest BCUT2D eigenvalue weighted by atomic mass is 32.1. The Morgan fingerprint density at radius 1 is 1.39 bits per heavy atom. The molecule has 0 bridgehead atoms. The van der Waals surface area contributed by atoms with Crippen molar-refractivity contribution in [3.63, 3.8) is 0 Å². The molecule has 3 aliphatic rings. The molecule has 3 aliphatic carbocycles. The van der Waals surface area contributed by atoms with Crippen LogP contribution in [0.1, 0.15) is 58.9 Å². The number of fused-ring (bicyclic) bond motifs is 2. The first-order valence-corrected chi connectivity index (χ1v) is 11.5. The summed E-state index contributed by atoms with van der Waals surface area (Å²) >= 11 is 1.54. The third kappa shape index (κ3) is 3.30. The van der Waals surface area contributed by atoms with Gasteiger partial charge in [0.25, 0.3) is 5.56 Å². The number of aliphatic hydroxyl groups is 1. The number of H-pyrrole nitrogens is 1. The molecule has 7 nitrogen and oxygen atoms in total. The molecule has 2 aromatic rings. The minimum Gasteiger partial charge on any atom is -0.498 e. The molecule has 0 aromatic carbocycles. The lowest BCUT2D eigenvalue weighted by atomic mass is 9.82. The third-order valence-electron chi connectivity index (χ3n) is 6.69. The second kappa shape index (κ2) is 7.72. The summed E-state index contributed by atoms with van der Waals surface area (Å²) in [5, 5.41) is 10.1. The van der Waals surface area contributed by atoms with Crippen LogP contribution in [-0.2, 0) is 11.2 Å². The van der Waals surface area contributed by atoms with E-state index in [1.807, 2.05) is 6.07 Å². The van der Waals surface area contributed by atoms with Crippen LogP contribution in [-0.4, -0.2) is 40.6 Å². The molecule has 5 rings (SSSR count). The molecule has 4 N–H and O–H groups in total. The molecule has 0 radical (unpaired) electrons. The maximum Gasteiger partial charge on any atom is 0.329 e. The van der Waals surface area contributed by atoms with Crippen LogP contribution in [0.2, 0.25) is 0 Å². The first-order valence-electron chi connectivity index (χ1n) is 10.7. The fourth-order valence-corrected chi connectivity index (χ4v) is 6.45. The van der Waals surface area contributed by atoms with Crippen LogP contribution in [0.4, 0.5) is 4.39 Å². The largest absolute Gasteiger partial charge is 0.498 e. The monoisotopic (exact) mass is 447 g/mol. The van der Waals surface area contributed by atoms with Crippen molar-refractivity contribution in [1.29, 1.82) is 0 Å². The SMILES string of the molecule is COC1=c2c(c(=O)[nH]c(=O)n2C2CC2)=CC(F)C1c1cc2c(s1)CCCC2C(N)CO. The number of halogens is 1. The molecule has 0 spiro atoms. The average Bonchev–Trinajstić information content (AvgIpc) is 3.49. The van der Waals surface area contributed by atoms with Crippen molar-refractivity contribution in [2.45, 2.75) is 62.2 Å². The number of nitrogens with one attached hydrogen (secondary N) is 1. The molecule has 0 amide bonds. The topological polar surface area (TPSA) is 110 Å². The molecule has 4 unspecified atom stereocenters. The normalized spacial score (nSPS) is 26.1. The van der Waals surface area contributed by atoms with Gasteiger partial charge in [-0.3, -0.25) is 14.3 Å². The Morgan fingerprint density at radius 3 is 2.84 bits per heavy atom. The lowest BCUT2D eigenvalue weighted by Crippen LogP contribution is -2.57. The van der Waals surface area contributed by atoms with Gasteiger partial charge < -0.3 is 15.6 Å². The van der Waals surface area contributed by atoms with Crippen molar-refractivity contribution in [2.75, 3.05) is 13.7 Å². The van der Waals surface area contributed by atoms with E-state index >= 15 is 4.39 Å². The predicted molar refractivity (Wildman–Crippen MR) is 116 cm³/mol. The minimum atomic E-state index is -1.46. The molecule has 0 aliphatic heterocycles. The third-order valence-corrected chi connectivity index (χ3v) is 7.98. The number of alkyl halides is 1. The Labute approximate surface area is 181 Å². The van der Waals surface area contributed by atoms with Crippen LogP contribution in [0.3, 0.4) is 0 Å². The number of aromatic amines is 1. The zero-order valence-corrected chi connectivity index (χ0v) is 18.1. The Morgan fingerprint density at radius 2 is 2.16 bits per heavy atom. The van der Waals surface area contributed by atoms with Gasteiger partial charge in [-0.15, -0.1) is 11.3 Å². The Kier molecular flexibility index (Phi) is 5.15. The summed E-state index contributed by atoms with van der Waals surface area (Å²) < 4.78 is 22.8. The number of aromatic nitrogens is 2. The van der Waals surface area contributed by atoms with Gasteiger partial charge in [-0.1, -0.05) is 0 Å². The predicted octanol–water partition coefficient (Wildman–Crippen LogP) is 0.343. The highest BCUT2D eigenvalue weighted by molar-refractivity contribution is 7.12. The highest BCUT2D eigenvalue weighted by Crippen LogP contribution is 2.44. The van der Waals surface area contributed by atoms with Gasteiger partial charge in [-0.05, 0) is 49.8 Å². The molecule has 2 aromatic heterocycles. The van der Waals surface area contributed by atoms with Crippen molar-refractivity contribution in [1.82, 2.24) is 9.55 Å². The van der Waals surface area contributed by atoms with E-state index in [0.29, 0.717) is 11.1 Å². The van der Waals surface area contributed by atoms with E-state index in [9.17, 15) is 14.7 Å². The van der Waals surface area contributed by atoms with Gasteiger partial charge in [0.2, 0.25) is 0 Å². The van der Waals surface area contributed by atoms with E-state index in [1.165, 1.54) is 24.5 Å². The highest BCUT2D eigenvalue weighted by Gasteiger charge is 2.37. The number of methoxy groups -OCH3 is 1. The number of aryl methyl sites for hydroxylation is 1. The van der Waals surface area contributed by atoms with Crippen molar-refractivity contribution in [3.8, 4) is 0 Å². The van der Waals surface area contributed by atoms with E-state index in [1.54, 1.807) is 4.57 Å². The van der Waals surface area contributed by atoms with Gasteiger partial charge in [-0.2, -0.15) is 0 Å². The van der Waals surface area contributed by atoms with Crippen molar-refractivity contribution in [3.05, 3.63) is 52.8 Å². The van der Waals surface area contributed by atoms with Crippen LogP contribution in [0.5, 0.6) is 0 Å². The number of nitrogens with two attached hydrogens (primary N) is 1. The second-order valence-electron chi connectivity index (χ2n) is 8.65. The number of thiophene rings is 1. The van der Waals surface area contributed by atoms with Gasteiger partial charge in [0.05, 0.1) is 30.2 Å². The van der Waals surface area contributed by atoms with E-state index in [-0.39, 0.29) is 29.8 Å². The van der Waals surface area contributed by atoms with E-state index in [2.05, 4.69) is 4.98 Å². The maximum atomic E-state index is 15.5. The van der Waals surface area contributed by atoms with Gasteiger partial charge in [0.15, 0.2) is 0 Å². The Bertz CT molecular complexity index is 1260. The summed E-state index contributed by atoms with van der Waals surface area (Å²) in [6, 6.07) is 1.63. The second-order valence-corrected chi connectivity index (χ2v) is 9.82. The van der Waals surface area contributed by atoms with E-state index < -0.39 is 23.3 Å². The van der Waals surface area contributed by atoms with Crippen LogP contribution < -0.4 is 27.6 Å². The number of nitrogens with zero attached hydrogens (tertiary/aromatic N) is 1. The fraction of sp³-hybridized carbons (Fsp3) is 0.545. The number of hydrogen-bond acceptors (Lipinski definition) is 6. The van der Waals surface area contributed by atoms with Crippen LogP contribution in [0, 0.1) is 0 Å². The molecule has 2 heterocycles. The van der Waals surface area contributed by atoms with Crippen molar-refractivity contribution >= 4 is 23.2 Å². The quantitative estimate of drug-likeness (QED) is 0.613. The van der Waals surface area contributed by atoms with Crippen LogP contribution >= 0.6 is 11.3 Å². The van der Waals surface area contributed by atoms with Gasteiger partial charge in [0, 0.05) is 27.8 Å². The first kappa shape index (κ1) is 20.7. The van der Waals surface area contributed by atoms with Gasteiger partial charge in [0.1, 0.15) is 11.9 Å². The summed E-state index contributed by atoms with van der Waals surface area (Å²) in [7, 11) is 1.46. The number of aliphatic hydroxyl groups excluding tert-OH is 1. The van der Waals surface area contributed by atoms with Crippen LogP contribution in [0.15, 0.2) is 15.7 Å². The fourth-order valence-electron chi connectivity index (χ4n) is 5.04. The first-order chi connectivity index (χ1) is 14.9. The minimum absolute atomic E-state index is 0.00284. The summed E-state index contributed by atoms with van der Waals surface area (Å²) in [6.07, 6.45) is 4.30.